The predicted molar refractivity (Wildman–Crippen MR) is 53.7 cm³/mol. The first kappa shape index (κ1) is 10.5. The molecule has 0 aliphatic heterocycles. The summed E-state index contributed by atoms with van der Waals surface area (Å²) in [5, 5.41) is 17.0. The minimum atomic E-state index is -0.834. The molecule has 0 saturated heterocycles. The van der Waals surface area contributed by atoms with Gasteiger partial charge in [0.1, 0.15) is 4.75 Å². The molecule has 1 aliphatic rings. The fourth-order valence-electron chi connectivity index (χ4n) is 1.44. The van der Waals surface area contributed by atoms with Crippen molar-refractivity contribution in [2.24, 2.45) is 5.92 Å². The summed E-state index contributed by atoms with van der Waals surface area (Å²) in [6, 6.07) is 0. The van der Waals surface area contributed by atoms with Gasteiger partial charge < -0.3 is 9.52 Å². The largest absolute Gasteiger partial charge is 0.480 e. The molecular formula is C9H12N2O3S. The third-order valence-corrected chi connectivity index (χ3v) is 3.86. The first-order valence-electron chi connectivity index (χ1n) is 4.75. The standard InChI is InChI=1S/C9H12N2O3S/c1-5-10-11-8(14-5)15-9(2,7(12)13)6-3-4-6/h6H,3-4H2,1-2H3,(H,12,13). The third kappa shape index (κ3) is 1.99. The molecule has 15 heavy (non-hydrogen) atoms. The molecule has 2 rings (SSSR count). The molecule has 0 aromatic carbocycles. The van der Waals surface area contributed by atoms with Crippen LogP contribution in [0.25, 0.3) is 0 Å². The van der Waals surface area contributed by atoms with Crippen molar-refractivity contribution in [1.29, 1.82) is 0 Å². The van der Waals surface area contributed by atoms with Gasteiger partial charge >= 0.3 is 5.97 Å². The van der Waals surface area contributed by atoms with Gasteiger partial charge in [0.25, 0.3) is 5.22 Å². The van der Waals surface area contributed by atoms with Gasteiger partial charge in [-0.2, -0.15) is 0 Å². The Hall–Kier alpha value is -1.04. The molecule has 1 aliphatic carbocycles. The van der Waals surface area contributed by atoms with Crippen molar-refractivity contribution >= 4 is 17.7 Å². The highest BCUT2D eigenvalue weighted by atomic mass is 32.2. The highest BCUT2D eigenvalue weighted by molar-refractivity contribution is 8.01. The Morgan fingerprint density at radius 3 is 2.67 bits per heavy atom. The van der Waals surface area contributed by atoms with E-state index in [1.165, 1.54) is 0 Å². The van der Waals surface area contributed by atoms with E-state index in [1.807, 2.05) is 0 Å². The minimum absolute atomic E-state index is 0.215. The molecule has 0 radical (unpaired) electrons. The minimum Gasteiger partial charge on any atom is -0.480 e. The molecule has 0 spiro atoms. The highest BCUT2D eigenvalue weighted by Crippen LogP contribution is 2.49. The lowest BCUT2D eigenvalue weighted by molar-refractivity contribution is -0.140. The van der Waals surface area contributed by atoms with Crippen LogP contribution in [0.5, 0.6) is 0 Å². The van der Waals surface area contributed by atoms with Crippen molar-refractivity contribution in [3.8, 4) is 0 Å². The lowest BCUT2D eigenvalue weighted by Crippen LogP contribution is -2.33. The van der Waals surface area contributed by atoms with Gasteiger partial charge in [0.2, 0.25) is 5.89 Å². The summed E-state index contributed by atoms with van der Waals surface area (Å²) < 4.78 is 4.35. The molecule has 1 N–H and O–H groups in total. The summed E-state index contributed by atoms with van der Waals surface area (Å²) >= 11 is 1.15. The lowest BCUT2D eigenvalue weighted by Gasteiger charge is -2.21. The number of nitrogens with zero attached hydrogens (tertiary/aromatic N) is 2. The van der Waals surface area contributed by atoms with Crippen LogP contribution in [0.1, 0.15) is 25.7 Å². The van der Waals surface area contributed by atoms with E-state index in [9.17, 15) is 9.90 Å². The van der Waals surface area contributed by atoms with Crippen LogP contribution < -0.4 is 0 Å². The zero-order valence-electron chi connectivity index (χ0n) is 8.56. The molecule has 1 fully saturated rings. The van der Waals surface area contributed by atoms with Crippen LogP contribution in [-0.2, 0) is 4.79 Å². The van der Waals surface area contributed by atoms with Crippen LogP contribution >= 0.6 is 11.8 Å². The monoisotopic (exact) mass is 228 g/mol. The molecule has 5 nitrogen and oxygen atoms in total. The molecule has 1 saturated carbocycles. The van der Waals surface area contributed by atoms with E-state index in [4.69, 9.17) is 4.42 Å². The van der Waals surface area contributed by atoms with E-state index in [0.717, 1.165) is 24.6 Å². The van der Waals surface area contributed by atoms with Crippen LogP contribution in [0, 0.1) is 12.8 Å². The average Bonchev–Trinajstić information content (AvgIpc) is 2.92. The number of carbonyl (C=O) groups is 1. The van der Waals surface area contributed by atoms with Gasteiger partial charge in [0.05, 0.1) is 0 Å². The van der Waals surface area contributed by atoms with E-state index in [1.54, 1.807) is 13.8 Å². The fraction of sp³-hybridized carbons (Fsp3) is 0.667. The molecule has 0 bridgehead atoms. The Bertz CT molecular complexity index is 388. The smallest absolute Gasteiger partial charge is 0.320 e. The molecule has 1 heterocycles. The molecule has 82 valence electrons. The van der Waals surface area contributed by atoms with Crippen molar-refractivity contribution in [2.75, 3.05) is 0 Å². The first-order valence-corrected chi connectivity index (χ1v) is 5.56. The first-order chi connectivity index (χ1) is 7.02. The second kappa shape index (κ2) is 3.52. The summed E-state index contributed by atoms with van der Waals surface area (Å²) in [7, 11) is 0. The van der Waals surface area contributed by atoms with E-state index >= 15 is 0 Å². The SMILES string of the molecule is Cc1nnc(SC(C)(C(=O)O)C2CC2)o1. The Morgan fingerprint density at radius 1 is 1.60 bits per heavy atom. The number of aliphatic carboxylic acids is 1. The quantitative estimate of drug-likeness (QED) is 0.791. The summed E-state index contributed by atoms with van der Waals surface area (Å²) in [5.41, 5.74) is 0. The number of rotatable bonds is 4. The van der Waals surface area contributed by atoms with E-state index in [2.05, 4.69) is 10.2 Å². The number of aromatic nitrogens is 2. The van der Waals surface area contributed by atoms with Crippen molar-refractivity contribution < 1.29 is 14.3 Å². The van der Waals surface area contributed by atoms with Gasteiger partial charge in [-0.1, -0.05) is 0 Å². The zero-order chi connectivity index (χ0) is 11.1. The van der Waals surface area contributed by atoms with Crippen LogP contribution in [-0.4, -0.2) is 26.0 Å². The van der Waals surface area contributed by atoms with Crippen molar-refractivity contribution in [1.82, 2.24) is 10.2 Å². The van der Waals surface area contributed by atoms with Crippen LogP contribution in [0.4, 0.5) is 0 Å². The average molecular weight is 228 g/mol. The van der Waals surface area contributed by atoms with Gasteiger partial charge in [0.15, 0.2) is 0 Å². The van der Waals surface area contributed by atoms with Gasteiger partial charge in [0, 0.05) is 6.92 Å². The van der Waals surface area contributed by atoms with Crippen LogP contribution in [0.3, 0.4) is 0 Å². The van der Waals surface area contributed by atoms with Gasteiger partial charge in [-0.15, -0.1) is 10.2 Å². The lowest BCUT2D eigenvalue weighted by atomic mass is 10.1. The second-order valence-corrected chi connectivity index (χ2v) is 5.28. The molecule has 1 aromatic rings. The van der Waals surface area contributed by atoms with E-state index in [0.29, 0.717) is 11.1 Å². The maximum atomic E-state index is 11.2. The van der Waals surface area contributed by atoms with Crippen molar-refractivity contribution in [3.63, 3.8) is 0 Å². The predicted octanol–water partition coefficient (Wildman–Crippen LogP) is 1.72. The van der Waals surface area contributed by atoms with E-state index in [-0.39, 0.29) is 5.92 Å². The van der Waals surface area contributed by atoms with Gasteiger partial charge in [-0.25, -0.2) is 0 Å². The summed E-state index contributed by atoms with van der Waals surface area (Å²) in [4.78, 5) is 11.2. The van der Waals surface area contributed by atoms with Crippen molar-refractivity contribution in [3.05, 3.63) is 5.89 Å². The second-order valence-electron chi connectivity index (χ2n) is 3.88. The van der Waals surface area contributed by atoms with Crippen LogP contribution in [0.15, 0.2) is 9.64 Å². The highest BCUT2D eigenvalue weighted by Gasteiger charge is 2.49. The maximum absolute atomic E-state index is 11.2. The van der Waals surface area contributed by atoms with Crippen LogP contribution in [0.2, 0.25) is 0 Å². The number of hydrogen-bond donors (Lipinski definition) is 1. The molecule has 0 amide bonds. The molecular weight excluding hydrogens is 216 g/mol. The number of aryl methyl sites for hydroxylation is 1. The summed E-state index contributed by atoms with van der Waals surface area (Å²) in [6.07, 6.45) is 1.92. The number of carboxylic acid groups (broad SMARTS) is 1. The number of hydrogen-bond acceptors (Lipinski definition) is 5. The Labute approximate surface area is 91.3 Å². The topological polar surface area (TPSA) is 76.2 Å². The van der Waals surface area contributed by atoms with Gasteiger partial charge in [-0.05, 0) is 37.4 Å². The Morgan fingerprint density at radius 2 is 2.27 bits per heavy atom. The summed E-state index contributed by atoms with van der Waals surface area (Å²) in [6.45, 7) is 3.41. The molecule has 1 aromatic heterocycles. The number of carboxylic acids is 1. The zero-order valence-corrected chi connectivity index (χ0v) is 9.37. The van der Waals surface area contributed by atoms with E-state index < -0.39 is 10.7 Å². The Balaban J connectivity index is 2.16. The number of thioether (sulfide) groups is 1. The Kier molecular flexibility index (Phi) is 2.46. The molecule has 6 heteroatoms. The molecule has 1 atom stereocenters. The van der Waals surface area contributed by atoms with Crippen molar-refractivity contribution in [2.45, 2.75) is 36.7 Å². The fourth-order valence-corrected chi connectivity index (χ4v) is 2.53. The maximum Gasteiger partial charge on any atom is 0.320 e. The van der Waals surface area contributed by atoms with Gasteiger partial charge in [-0.3, -0.25) is 4.79 Å². The molecule has 1 unspecified atom stereocenters. The normalized spacial score (nSPS) is 19.9. The third-order valence-electron chi connectivity index (χ3n) is 2.59. The summed E-state index contributed by atoms with van der Waals surface area (Å²) in [5.74, 6) is -0.140.